The molecule has 4 heteroatoms. The number of aryl methyl sites for hydroxylation is 3. The van der Waals surface area contributed by atoms with E-state index in [2.05, 4.69) is 17.4 Å². The highest BCUT2D eigenvalue weighted by Crippen LogP contribution is 2.41. The molecular weight excluding hydrogens is 336 g/mol. The van der Waals surface area contributed by atoms with Gasteiger partial charge in [0.15, 0.2) is 0 Å². The van der Waals surface area contributed by atoms with Gasteiger partial charge in [0.2, 0.25) is 11.8 Å². The monoisotopic (exact) mass is 364 g/mol. The molecule has 2 atom stereocenters. The molecule has 1 saturated carbocycles. The molecule has 0 bridgehead atoms. The molecule has 1 N–H and O–H groups in total. The standard InChI is InChI=1S/C23H28N2O2/c1-5-25(14-18-9-7-6-8-10-18)23(27)20-13-19(20)22(26)24-21-16(3)11-15(2)12-17(21)4/h6-12,19-20H,5,13-14H2,1-4H3,(H,24,26). The van der Waals surface area contributed by atoms with Crippen LogP contribution in [0, 0.1) is 32.6 Å². The zero-order valence-corrected chi connectivity index (χ0v) is 16.6. The van der Waals surface area contributed by atoms with Crippen molar-refractivity contribution in [1.29, 1.82) is 0 Å². The summed E-state index contributed by atoms with van der Waals surface area (Å²) in [7, 11) is 0. The Labute approximate surface area is 161 Å². The molecule has 2 unspecified atom stereocenters. The fourth-order valence-corrected chi connectivity index (χ4v) is 3.73. The molecule has 3 rings (SSSR count). The summed E-state index contributed by atoms with van der Waals surface area (Å²) in [5.74, 6) is -0.375. The molecule has 2 amide bonds. The van der Waals surface area contributed by atoms with Gasteiger partial charge in [-0.1, -0.05) is 48.0 Å². The Morgan fingerprint density at radius 2 is 1.67 bits per heavy atom. The second kappa shape index (κ2) is 7.95. The van der Waals surface area contributed by atoms with Crippen LogP contribution in [-0.2, 0) is 16.1 Å². The number of amides is 2. The van der Waals surface area contributed by atoms with Crippen molar-refractivity contribution < 1.29 is 9.59 Å². The molecule has 27 heavy (non-hydrogen) atoms. The molecule has 142 valence electrons. The number of carbonyl (C=O) groups is 2. The lowest BCUT2D eigenvalue weighted by Crippen LogP contribution is -2.33. The van der Waals surface area contributed by atoms with E-state index >= 15 is 0 Å². The summed E-state index contributed by atoms with van der Waals surface area (Å²) in [5.41, 5.74) is 5.29. The lowest BCUT2D eigenvalue weighted by molar-refractivity contribution is -0.134. The van der Waals surface area contributed by atoms with E-state index in [1.54, 1.807) is 0 Å². The van der Waals surface area contributed by atoms with Crippen LogP contribution in [0.15, 0.2) is 42.5 Å². The fraction of sp³-hybridized carbons (Fsp3) is 0.391. The Bertz CT molecular complexity index is 822. The van der Waals surface area contributed by atoms with E-state index in [1.807, 2.05) is 62.9 Å². The van der Waals surface area contributed by atoms with Crippen LogP contribution in [0.1, 0.15) is 35.6 Å². The van der Waals surface area contributed by atoms with Crippen LogP contribution in [0.4, 0.5) is 5.69 Å². The van der Waals surface area contributed by atoms with Crippen molar-refractivity contribution in [1.82, 2.24) is 4.90 Å². The van der Waals surface area contributed by atoms with Crippen LogP contribution < -0.4 is 5.32 Å². The highest BCUT2D eigenvalue weighted by molar-refractivity contribution is 6.00. The van der Waals surface area contributed by atoms with E-state index in [4.69, 9.17) is 0 Å². The average molecular weight is 364 g/mol. The van der Waals surface area contributed by atoms with Gasteiger partial charge in [-0.05, 0) is 50.8 Å². The molecule has 1 fully saturated rings. The number of nitrogens with one attached hydrogen (secondary N) is 1. The predicted molar refractivity (Wildman–Crippen MR) is 108 cm³/mol. The van der Waals surface area contributed by atoms with E-state index in [-0.39, 0.29) is 23.7 Å². The van der Waals surface area contributed by atoms with Gasteiger partial charge in [-0.3, -0.25) is 9.59 Å². The highest BCUT2D eigenvalue weighted by atomic mass is 16.2. The maximum absolute atomic E-state index is 12.8. The third kappa shape index (κ3) is 4.38. The highest BCUT2D eigenvalue weighted by Gasteiger charge is 2.49. The molecule has 0 heterocycles. The van der Waals surface area contributed by atoms with E-state index in [0.29, 0.717) is 19.5 Å². The summed E-state index contributed by atoms with van der Waals surface area (Å²) in [6.07, 6.45) is 0.639. The average Bonchev–Trinajstić information content (AvgIpc) is 3.43. The van der Waals surface area contributed by atoms with E-state index in [9.17, 15) is 9.59 Å². The maximum Gasteiger partial charge on any atom is 0.228 e. The van der Waals surface area contributed by atoms with E-state index in [0.717, 1.165) is 22.4 Å². The Hall–Kier alpha value is -2.62. The van der Waals surface area contributed by atoms with Gasteiger partial charge >= 0.3 is 0 Å². The largest absolute Gasteiger partial charge is 0.338 e. The van der Waals surface area contributed by atoms with Crippen LogP contribution in [0.25, 0.3) is 0 Å². The summed E-state index contributed by atoms with van der Waals surface area (Å²) in [4.78, 5) is 27.3. The first-order valence-electron chi connectivity index (χ1n) is 9.62. The van der Waals surface area contributed by atoms with Gasteiger partial charge in [-0.15, -0.1) is 0 Å². The summed E-state index contributed by atoms with van der Waals surface area (Å²) < 4.78 is 0. The van der Waals surface area contributed by atoms with Gasteiger partial charge in [0.25, 0.3) is 0 Å². The van der Waals surface area contributed by atoms with Gasteiger partial charge < -0.3 is 10.2 Å². The quantitative estimate of drug-likeness (QED) is 0.834. The molecule has 0 saturated heterocycles. The van der Waals surface area contributed by atoms with E-state index in [1.165, 1.54) is 5.56 Å². The van der Waals surface area contributed by atoms with Gasteiger partial charge in [0.05, 0.1) is 11.8 Å². The van der Waals surface area contributed by atoms with Crippen LogP contribution in [0.3, 0.4) is 0 Å². The Morgan fingerprint density at radius 1 is 1.04 bits per heavy atom. The Balaban J connectivity index is 1.62. The Kier molecular flexibility index (Phi) is 5.64. The number of anilines is 1. The van der Waals surface area contributed by atoms with Crippen molar-refractivity contribution in [2.45, 2.75) is 40.7 Å². The smallest absolute Gasteiger partial charge is 0.228 e. The minimum atomic E-state index is -0.220. The number of hydrogen-bond acceptors (Lipinski definition) is 2. The zero-order valence-electron chi connectivity index (χ0n) is 16.6. The van der Waals surface area contributed by atoms with Gasteiger partial charge in [-0.25, -0.2) is 0 Å². The predicted octanol–water partition coefficient (Wildman–Crippen LogP) is 4.24. The lowest BCUT2D eigenvalue weighted by Gasteiger charge is -2.21. The second-order valence-electron chi connectivity index (χ2n) is 7.55. The molecule has 2 aromatic carbocycles. The number of hydrogen-bond donors (Lipinski definition) is 1. The fourth-order valence-electron chi connectivity index (χ4n) is 3.73. The molecule has 1 aliphatic rings. The molecule has 0 spiro atoms. The normalized spacial score (nSPS) is 18.1. The minimum Gasteiger partial charge on any atom is -0.338 e. The van der Waals surface area contributed by atoms with Crippen molar-refractivity contribution >= 4 is 17.5 Å². The number of nitrogens with zero attached hydrogens (tertiary/aromatic N) is 1. The topological polar surface area (TPSA) is 49.4 Å². The van der Waals surface area contributed by atoms with Gasteiger partial charge in [0, 0.05) is 18.8 Å². The first kappa shape index (κ1) is 19.2. The van der Waals surface area contributed by atoms with Crippen molar-refractivity contribution in [3.63, 3.8) is 0 Å². The molecule has 0 aromatic heterocycles. The minimum absolute atomic E-state index is 0.0424. The third-order valence-electron chi connectivity index (χ3n) is 5.28. The summed E-state index contributed by atoms with van der Waals surface area (Å²) in [6.45, 7) is 9.28. The van der Waals surface area contributed by atoms with Crippen molar-refractivity contribution in [2.75, 3.05) is 11.9 Å². The third-order valence-corrected chi connectivity index (χ3v) is 5.28. The van der Waals surface area contributed by atoms with Crippen LogP contribution >= 0.6 is 0 Å². The van der Waals surface area contributed by atoms with Crippen LogP contribution in [0.5, 0.6) is 0 Å². The number of rotatable bonds is 6. The second-order valence-corrected chi connectivity index (χ2v) is 7.55. The molecule has 0 radical (unpaired) electrons. The van der Waals surface area contributed by atoms with Crippen molar-refractivity contribution in [2.24, 2.45) is 11.8 Å². The lowest BCUT2D eigenvalue weighted by atomic mass is 10.0. The van der Waals surface area contributed by atoms with E-state index < -0.39 is 0 Å². The number of benzene rings is 2. The van der Waals surface area contributed by atoms with Gasteiger partial charge in [0.1, 0.15) is 0 Å². The SMILES string of the molecule is CCN(Cc1ccccc1)C(=O)C1CC1C(=O)Nc1c(C)cc(C)cc1C. The molecule has 4 nitrogen and oxygen atoms in total. The van der Waals surface area contributed by atoms with Crippen molar-refractivity contribution in [3.05, 3.63) is 64.7 Å². The molecule has 2 aromatic rings. The van der Waals surface area contributed by atoms with Crippen LogP contribution in [0.2, 0.25) is 0 Å². The summed E-state index contributed by atoms with van der Waals surface area (Å²) in [5, 5.41) is 3.05. The molecular formula is C23H28N2O2. The Morgan fingerprint density at radius 3 is 2.26 bits per heavy atom. The van der Waals surface area contributed by atoms with Crippen LogP contribution in [-0.4, -0.2) is 23.3 Å². The first-order valence-corrected chi connectivity index (χ1v) is 9.62. The maximum atomic E-state index is 12.8. The molecule has 1 aliphatic carbocycles. The number of carbonyl (C=O) groups excluding carboxylic acids is 2. The van der Waals surface area contributed by atoms with Gasteiger partial charge in [-0.2, -0.15) is 0 Å². The first-order chi connectivity index (χ1) is 12.9. The summed E-state index contributed by atoms with van der Waals surface area (Å²) in [6, 6.07) is 14.1. The molecule has 0 aliphatic heterocycles. The van der Waals surface area contributed by atoms with Crippen molar-refractivity contribution in [3.8, 4) is 0 Å². The zero-order chi connectivity index (χ0) is 19.6. The summed E-state index contributed by atoms with van der Waals surface area (Å²) >= 11 is 0.